The molecule has 0 aliphatic heterocycles. The van der Waals surface area contributed by atoms with Crippen molar-refractivity contribution in [2.45, 2.75) is 25.5 Å². The minimum Gasteiger partial charge on any atom is -0.393 e. The van der Waals surface area contributed by atoms with Crippen LogP contribution in [0, 0.1) is 5.92 Å². The molecule has 0 atom stereocenters. The Labute approximate surface area is 101 Å². The second kappa shape index (κ2) is 4.51. The van der Waals surface area contributed by atoms with Crippen LogP contribution in [0.4, 0.5) is 0 Å². The van der Waals surface area contributed by atoms with Crippen LogP contribution in [0.25, 0.3) is 10.9 Å². The summed E-state index contributed by atoms with van der Waals surface area (Å²) in [4.78, 5) is 3.28. The van der Waals surface area contributed by atoms with E-state index in [9.17, 15) is 5.11 Å². The molecule has 3 N–H and O–H groups in total. The van der Waals surface area contributed by atoms with E-state index in [1.54, 1.807) is 0 Å². The highest BCUT2D eigenvalue weighted by Crippen LogP contribution is 2.26. The van der Waals surface area contributed by atoms with Gasteiger partial charge in [0.2, 0.25) is 0 Å². The molecular weight excluding hydrogens is 212 g/mol. The number of aromatic nitrogens is 1. The molecule has 1 aliphatic rings. The largest absolute Gasteiger partial charge is 0.393 e. The summed E-state index contributed by atoms with van der Waals surface area (Å²) in [5.74, 6) is 0.660. The molecule has 1 aliphatic carbocycles. The fourth-order valence-electron chi connectivity index (χ4n) is 2.58. The molecule has 0 spiro atoms. The van der Waals surface area contributed by atoms with Gasteiger partial charge in [0, 0.05) is 18.3 Å². The van der Waals surface area contributed by atoms with E-state index in [1.165, 1.54) is 16.5 Å². The van der Waals surface area contributed by atoms with Crippen LogP contribution in [0.5, 0.6) is 0 Å². The number of aliphatic hydroxyl groups is 1. The number of nitrogens with one attached hydrogen (secondary N) is 2. The van der Waals surface area contributed by atoms with Crippen LogP contribution in [0.3, 0.4) is 0 Å². The molecule has 0 radical (unpaired) electrons. The van der Waals surface area contributed by atoms with Gasteiger partial charge in [-0.15, -0.1) is 0 Å². The van der Waals surface area contributed by atoms with E-state index in [2.05, 4.69) is 34.6 Å². The van der Waals surface area contributed by atoms with E-state index < -0.39 is 0 Å². The number of hydrogen-bond donors (Lipinski definition) is 3. The molecular formula is C14H18N2O. The standard InChI is InChI=1S/C14H18N2O/c17-13-6-10(7-13)8-15-9-12-3-1-2-11-4-5-16-14(11)12/h1-5,10,13,15-17H,6-9H2. The van der Waals surface area contributed by atoms with Gasteiger partial charge in [0.15, 0.2) is 0 Å². The molecule has 0 saturated heterocycles. The number of para-hydroxylation sites is 1. The molecule has 90 valence electrons. The number of fused-ring (bicyclic) bond motifs is 1. The van der Waals surface area contributed by atoms with Crippen molar-refractivity contribution in [2.24, 2.45) is 5.92 Å². The topological polar surface area (TPSA) is 48.0 Å². The lowest BCUT2D eigenvalue weighted by Crippen LogP contribution is -2.35. The molecule has 1 aromatic heterocycles. The van der Waals surface area contributed by atoms with Gasteiger partial charge >= 0.3 is 0 Å². The lowest BCUT2D eigenvalue weighted by Gasteiger charge is -2.31. The predicted octanol–water partition coefficient (Wildman–Crippen LogP) is 2.03. The van der Waals surface area contributed by atoms with Gasteiger partial charge in [-0.1, -0.05) is 18.2 Å². The molecule has 0 amide bonds. The number of hydrogen-bond acceptors (Lipinski definition) is 2. The highest BCUT2D eigenvalue weighted by atomic mass is 16.3. The van der Waals surface area contributed by atoms with Crippen molar-refractivity contribution in [3.05, 3.63) is 36.0 Å². The molecule has 17 heavy (non-hydrogen) atoms. The highest BCUT2D eigenvalue weighted by molar-refractivity contribution is 5.82. The van der Waals surface area contributed by atoms with Crippen LogP contribution in [-0.4, -0.2) is 22.7 Å². The molecule has 0 bridgehead atoms. The lowest BCUT2D eigenvalue weighted by atomic mass is 9.82. The predicted molar refractivity (Wildman–Crippen MR) is 68.7 cm³/mol. The third-order valence-corrected chi connectivity index (χ3v) is 3.63. The van der Waals surface area contributed by atoms with Gasteiger partial charge in [-0.25, -0.2) is 0 Å². The zero-order valence-corrected chi connectivity index (χ0v) is 9.82. The summed E-state index contributed by atoms with van der Waals surface area (Å²) in [7, 11) is 0. The summed E-state index contributed by atoms with van der Waals surface area (Å²) in [5.41, 5.74) is 2.54. The monoisotopic (exact) mass is 230 g/mol. The molecule has 1 aromatic carbocycles. The Balaban J connectivity index is 1.59. The summed E-state index contributed by atoms with van der Waals surface area (Å²) in [6, 6.07) is 8.47. The van der Waals surface area contributed by atoms with Crippen molar-refractivity contribution in [3.8, 4) is 0 Å². The lowest BCUT2D eigenvalue weighted by molar-refractivity contribution is 0.0430. The van der Waals surface area contributed by atoms with Gasteiger partial charge in [0.05, 0.1) is 6.10 Å². The fraction of sp³-hybridized carbons (Fsp3) is 0.429. The van der Waals surface area contributed by atoms with E-state index >= 15 is 0 Å². The first-order chi connectivity index (χ1) is 8.33. The zero-order valence-electron chi connectivity index (χ0n) is 9.82. The second-order valence-corrected chi connectivity index (χ2v) is 4.98. The van der Waals surface area contributed by atoms with Gasteiger partial charge in [-0.3, -0.25) is 0 Å². The number of aliphatic hydroxyl groups excluding tert-OH is 1. The molecule has 1 heterocycles. The normalized spacial score (nSPS) is 23.8. The van der Waals surface area contributed by atoms with Crippen molar-refractivity contribution >= 4 is 10.9 Å². The van der Waals surface area contributed by atoms with Crippen LogP contribution < -0.4 is 5.32 Å². The van der Waals surface area contributed by atoms with E-state index in [0.717, 1.165) is 25.9 Å². The van der Waals surface area contributed by atoms with Crippen molar-refractivity contribution in [1.29, 1.82) is 0 Å². The fourth-order valence-corrected chi connectivity index (χ4v) is 2.58. The number of benzene rings is 1. The molecule has 3 nitrogen and oxygen atoms in total. The molecule has 0 unspecified atom stereocenters. The Morgan fingerprint density at radius 1 is 1.29 bits per heavy atom. The maximum Gasteiger partial charge on any atom is 0.0546 e. The molecule has 3 heteroatoms. The average molecular weight is 230 g/mol. The molecule has 1 fully saturated rings. The third kappa shape index (κ3) is 2.21. The van der Waals surface area contributed by atoms with Crippen molar-refractivity contribution in [1.82, 2.24) is 10.3 Å². The SMILES string of the molecule is OC1CC(CNCc2cccc3cc[nH]c23)C1. The summed E-state index contributed by atoms with van der Waals surface area (Å²) < 4.78 is 0. The Morgan fingerprint density at radius 2 is 2.18 bits per heavy atom. The van der Waals surface area contributed by atoms with Gasteiger partial charge < -0.3 is 15.4 Å². The van der Waals surface area contributed by atoms with E-state index in [-0.39, 0.29) is 6.10 Å². The van der Waals surface area contributed by atoms with Crippen LogP contribution >= 0.6 is 0 Å². The van der Waals surface area contributed by atoms with Gasteiger partial charge in [-0.2, -0.15) is 0 Å². The van der Waals surface area contributed by atoms with Crippen LogP contribution in [-0.2, 0) is 6.54 Å². The maximum absolute atomic E-state index is 9.22. The van der Waals surface area contributed by atoms with Crippen molar-refractivity contribution < 1.29 is 5.11 Å². The maximum atomic E-state index is 9.22. The second-order valence-electron chi connectivity index (χ2n) is 4.98. The quantitative estimate of drug-likeness (QED) is 0.752. The van der Waals surface area contributed by atoms with Crippen LogP contribution in [0.2, 0.25) is 0 Å². The summed E-state index contributed by atoms with van der Waals surface area (Å²) in [5, 5.41) is 14.0. The first kappa shape index (κ1) is 10.8. The van der Waals surface area contributed by atoms with Crippen LogP contribution in [0.1, 0.15) is 18.4 Å². The third-order valence-electron chi connectivity index (χ3n) is 3.63. The van der Waals surface area contributed by atoms with Crippen molar-refractivity contribution in [3.63, 3.8) is 0 Å². The van der Waals surface area contributed by atoms with E-state index in [0.29, 0.717) is 5.92 Å². The number of H-pyrrole nitrogens is 1. The van der Waals surface area contributed by atoms with E-state index in [1.807, 2.05) is 6.20 Å². The minimum atomic E-state index is -0.0476. The summed E-state index contributed by atoms with van der Waals surface area (Å²) in [6.45, 7) is 1.90. The Bertz CT molecular complexity index is 500. The summed E-state index contributed by atoms with van der Waals surface area (Å²) >= 11 is 0. The average Bonchev–Trinajstić information content (AvgIpc) is 2.75. The first-order valence-electron chi connectivity index (χ1n) is 6.26. The van der Waals surface area contributed by atoms with Gasteiger partial charge in [0.25, 0.3) is 0 Å². The summed E-state index contributed by atoms with van der Waals surface area (Å²) in [6.07, 6.45) is 3.85. The van der Waals surface area contributed by atoms with E-state index in [4.69, 9.17) is 0 Å². The number of aromatic amines is 1. The van der Waals surface area contributed by atoms with Crippen molar-refractivity contribution in [2.75, 3.05) is 6.54 Å². The Hall–Kier alpha value is -1.32. The Morgan fingerprint density at radius 3 is 3.00 bits per heavy atom. The van der Waals surface area contributed by atoms with Gasteiger partial charge in [-0.05, 0) is 42.3 Å². The smallest absolute Gasteiger partial charge is 0.0546 e. The van der Waals surface area contributed by atoms with Gasteiger partial charge in [0.1, 0.15) is 0 Å². The molecule has 3 rings (SSSR count). The Kier molecular flexibility index (Phi) is 2.87. The zero-order chi connectivity index (χ0) is 11.7. The highest BCUT2D eigenvalue weighted by Gasteiger charge is 2.26. The van der Waals surface area contributed by atoms with Crippen LogP contribution in [0.15, 0.2) is 30.5 Å². The minimum absolute atomic E-state index is 0.0476. The molecule has 1 saturated carbocycles. The number of rotatable bonds is 4. The first-order valence-corrected chi connectivity index (χ1v) is 6.26. The molecule has 2 aromatic rings.